The van der Waals surface area contributed by atoms with Crippen molar-refractivity contribution < 1.29 is 14.3 Å². The van der Waals surface area contributed by atoms with Crippen molar-refractivity contribution in [1.29, 1.82) is 0 Å². The number of carbonyl (C=O) groups excluding carboxylic acids is 1. The van der Waals surface area contributed by atoms with Crippen LogP contribution in [0.15, 0.2) is 4.99 Å². The molecule has 1 aliphatic heterocycles. The standard InChI is InChI=1S/C22H40N6O3/c1-14-17(15(2)27(10)26-14)11-12-24-19(23-9)25-13-18-16(3)30-22(7,8)28(18)20(29)31-21(4,5)6/h16,18H,11-13H2,1-10H3,(H2,23,24,25). The second-order valence-corrected chi connectivity index (χ2v) is 9.59. The first kappa shape index (κ1) is 25.0. The number of hydrogen-bond donors (Lipinski definition) is 2. The number of guanidine groups is 1. The van der Waals surface area contributed by atoms with Gasteiger partial charge in [-0.15, -0.1) is 0 Å². The zero-order chi connectivity index (χ0) is 23.6. The normalized spacial score (nSPS) is 21.4. The maximum absolute atomic E-state index is 12.9. The van der Waals surface area contributed by atoms with E-state index in [1.54, 1.807) is 11.9 Å². The maximum atomic E-state index is 12.9. The molecule has 9 nitrogen and oxygen atoms in total. The van der Waals surface area contributed by atoms with Gasteiger partial charge in [0.05, 0.1) is 17.8 Å². The molecular weight excluding hydrogens is 396 g/mol. The first-order valence-corrected chi connectivity index (χ1v) is 10.9. The molecule has 2 heterocycles. The van der Waals surface area contributed by atoms with Gasteiger partial charge in [0.25, 0.3) is 0 Å². The summed E-state index contributed by atoms with van der Waals surface area (Å²) in [7, 11) is 3.70. The number of aliphatic imine (C=N–C) groups is 1. The van der Waals surface area contributed by atoms with Crippen molar-refractivity contribution in [3.05, 3.63) is 17.0 Å². The van der Waals surface area contributed by atoms with Crippen molar-refractivity contribution in [3.63, 3.8) is 0 Å². The van der Waals surface area contributed by atoms with Gasteiger partial charge in [0.2, 0.25) is 0 Å². The fourth-order valence-corrected chi connectivity index (χ4v) is 4.03. The highest BCUT2D eigenvalue weighted by molar-refractivity contribution is 5.79. The Morgan fingerprint density at radius 3 is 2.45 bits per heavy atom. The van der Waals surface area contributed by atoms with Gasteiger partial charge >= 0.3 is 6.09 Å². The van der Waals surface area contributed by atoms with Gasteiger partial charge in [-0.05, 0) is 67.4 Å². The monoisotopic (exact) mass is 436 g/mol. The number of nitrogens with one attached hydrogen (secondary N) is 2. The summed E-state index contributed by atoms with van der Waals surface area (Å²) in [4.78, 5) is 18.9. The highest BCUT2D eigenvalue weighted by Crippen LogP contribution is 2.33. The second-order valence-electron chi connectivity index (χ2n) is 9.59. The molecule has 2 atom stereocenters. The van der Waals surface area contributed by atoms with Crippen molar-refractivity contribution in [2.75, 3.05) is 20.1 Å². The van der Waals surface area contributed by atoms with Crippen LogP contribution in [-0.4, -0.2) is 70.3 Å². The van der Waals surface area contributed by atoms with Crippen LogP contribution < -0.4 is 10.6 Å². The lowest BCUT2D eigenvalue weighted by Crippen LogP contribution is -2.54. The predicted octanol–water partition coefficient (Wildman–Crippen LogP) is 2.50. The molecule has 2 N–H and O–H groups in total. The van der Waals surface area contributed by atoms with Crippen molar-refractivity contribution in [3.8, 4) is 0 Å². The molecule has 2 unspecified atom stereocenters. The molecule has 0 radical (unpaired) electrons. The Morgan fingerprint density at radius 2 is 1.94 bits per heavy atom. The molecule has 1 saturated heterocycles. The lowest BCUT2D eigenvalue weighted by Gasteiger charge is -2.35. The minimum atomic E-state index is -0.750. The van der Waals surface area contributed by atoms with E-state index in [1.165, 1.54) is 11.3 Å². The summed E-state index contributed by atoms with van der Waals surface area (Å²) in [5.74, 6) is 0.681. The number of rotatable bonds is 5. The number of nitrogens with zero attached hydrogens (tertiary/aromatic N) is 4. The molecule has 9 heteroatoms. The Labute approximate surface area is 186 Å². The number of amides is 1. The third-order valence-electron chi connectivity index (χ3n) is 5.55. The average molecular weight is 437 g/mol. The highest BCUT2D eigenvalue weighted by atomic mass is 16.6. The Hall–Kier alpha value is -2.29. The first-order valence-electron chi connectivity index (χ1n) is 10.9. The van der Waals surface area contributed by atoms with E-state index in [0.29, 0.717) is 12.5 Å². The lowest BCUT2D eigenvalue weighted by molar-refractivity contribution is -0.0755. The average Bonchev–Trinajstić information content (AvgIpc) is 3.00. The van der Waals surface area contributed by atoms with Gasteiger partial charge in [0.15, 0.2) is 5.96 Å². The number of ether oxygens (including phenoxy) is 2. The molecular formula is C22H40N6O3. The summed E-state index contributed by atoms with van der Waals surface area (Å²) >= 11 is 0. The minimum Gasteiger partial charge on any atom is -0.444 e. The Kier molecular flexibility index (Phi) is 7.62. The molecule has 0 aliphatic carbocycles. The smallest absolute Gasteiger partial charge is 0.412 e. The zero-order valence-electron chi connectivity index (χ0n) is 20.8. The zero-order valence-corrected chi connectivity index (χ0v) is 20.8. The molecule has 1 aliphatic rings. The number of aryl methyl sites for hydroxylation is 2. The summed E-state index contributed by atoms with van der Waals surface area (Å²) in [6, 6.07) is -0.189. The van der Waals surface area contributed by atoms with E-state index < -0.39 is 11.3 Å². The fourth-order valence-electron chi connectivity index (χ4n) is 4.03. The molecule has 0 aromatic carbocycles. The van der Waals surface area contributed by atoms with Crippen LogP contribution >= 0.6 is 0 Å². The van der Waals surface area contributed by atoms with E-state index >= 15 is 0 Å². The molecule has 2 rings (SSSR count). The molecule has 31 heavy (non-hydrogen) atoms. The fraction of sp³-hybridized carbons (Fsp3) is 0.773. The quantitative estimate of drug-likeness (QED) is 0.544. The SMILES string of the molecule is CN=C(NCCc1c(C)nn(C)c1C)NCC1C(C)OC(C)(C)N1C(=O)OC(C)(C)C. The van der Waals surface area contributed by atoms with Gasteiger partial charge in [0.1, 0.15) is 11.3 Å². The molecule has 1 aromatic heterocycles. The van der Waals surface area contributed by atoms with Gasteiger partial charge in [-0.3, -0.25) is 14.6 Å². The van der Waals surface area contributed by atoms with Crippen LogP contribution in [0.4, 0.5) is 4.79 Å². The summed E-state index contributed by atoms with van der Waals surface area (Å²) in [5, 5.41) is 11.2. The van der Waals surface area contributed by atoms with Gasteiger partial charge in [-0.2, -0.15) is 5.10 Å². The maximum Gasteiger partial charge on any atom is 0.412 e. The summed E-state index contributed by atoms with van der Waals surface area (Å²) in [6.07, 6.45) is 0.333. The summed E-state index contributed by atoms with van der Waals surface area (Å²) in [5.41, 5.74) is 2.16. The molecule has 1 amide bonds. The van der Waals surface area contributed by atoms with Crippen LogP contribution in [0.2, 0.25) is 0 Å². The van der Waals surface area contributed by atoms with Crippen molar-refractivity contribution >= 4 is 12.1 Å². The van der Waals surface area contributed by atoms with Gasteiger partial charge in [-0.25, -0.2) is 4.79 Å². The molecule has 176 valence electrons. The third-order valence-corrected chi connectivity index (χ3v) is 5.55. The van der Waals surface area contributed by atoms with Gasteiger partial charge < -0.3 is 20.1 Å². The number of hydrogen-bond acceptors (Lipinski definition) is 5. The van der Waals surface area contributed by atoms with Gasteiger partial charge in [0, 0.05) is 32.9 Å². The summed E-state index contributed by atoms with van der Waals surface area (Å²) in [6.45, 7) is 16.7. The van der Waals surface area contributed by atoms with Crippen LogP contribution in [0, 0.1) is 13.8 Å². The lowest BCUT2D eigenvalue weighted by atomic mass is 10.1. The van der Waals surface area contributed by atoms with Crippen LogP contribution in [-0.2, 0) is 22.9 Å². The van der Waals surface area contributed by atoms with Crippen LogP contribution in [0.1, 0.15) is 58.5 Å². The Bertz CT molecular complexity index is 809. The van der Waals surface area contributed by atoms with E-state index in [4.69, 9.17) is 9.47 Å². The number of carbonyl (C=O) groups is 1. The van der Waals surface area contributed by atoms with E-state index in [9.17, 15) is 4.79 Å². The van der Waals surface area contributed by atoms with E-state index in [1.807, 2.05) is 60.2 Å². The third kappa shape index (κ3) is 6.12. The van der Waals surface area contributed by atoms with E-state index in [2.05, 4.69) is 27.6 Å². The van der Waals surface area contributed by atoms with Crippen LogP contribution in [0.25, 0.3) is 0 Å². The molecule has 1 aromatic rings. The molecule has 1 fully saturated rings. The van der Waals surface area contributed by atoms with Crippen molar-refractivity contribution in [2.45, 2.75) is 85.3 Å². The topological polar surface area (TPSA) is 93.0 Å². The van der Waals surface area contributed by atoms with E-state index in [-0.39, 0.29) is 18.2 Å². The highest BCUT2D eigenvalue weighted by Gasteiger charge is 2.49. The Balaban J connectivity index is 1.98. The van der Waals surface area contributed by atoms with Gasteiger partial charge in [-0.1, -0.05) is 0 Å². The largest absolute Gasteiger partial charge is 0.444 e. The molecule has 0 spiro atoms. The van der Waals surface area contributed by atoms with E-state index in [0.717, 1.165) is 18.7 Å². The van der Waals surface area contributed by atoms with Crippen LogP contribution in [0.3, 0.4) is 0 Å². The van der Waals surface area contributed by atoms with Crippen molar-refractivity contribution in [2.24, 2.45) is 12.0 Å². The van der Waals surface area contributed by atoms with Crippen LogP contribution in [0.5, 0.6) is 0 Å². The summed E-state index contributed by atoms with van der Waals surface area (Å²) < 4.78 is 13.6. The Morgan fingerprint density at radius 1 is 1.29 bits per heavy atom. The molecule has 0 bridgehead atoms. The molecule has 0 saturated carbocycles. The van der Waals surface area contributed by atoms with Crippen molar-refractivity contribution in [1.82, 2.24) is 25.3 Å². The first-order chi connectivity index (χ1) is 14.3. The predicted molar refractivity (Wildman–Crippen MR) is 122 cm³/mol. The second kappa shape index (κ2) is 9.46. The minimum absolute atomic E-state index is 0.145. The number of aromatic nitrogens is 2.